The predicted octanol–water partition coefficient (Wildman–Crippen LogP) is 2.43. The number of likely N-dealkylation sites (tertiary alicyclic amines) is 1. The molecule has 5 heteroatoms. The number of nitrogens with one attached hydrogen (secondary N) is 1. The normalized spacial score (nSPS) is 17.5. The molecule has 1 fully saturated rings. The Morgan fingerprint density at radius 2 is 1.96 bits per heavy atom. The molecule has 1 aliphatic rings. The fourth-order valence-electron chi connectivity index (χ4n) is 2.84. The number of aryl methyl sites for hydroxylation is 2. The highest BCUT2D eigenvalue weighted by molar-refractivity contribution is 5.86. The Morgan fingerprint density at radius 3 is 2.70 bits per heavy atom. The lowest BCUT2D eigenvalue weighted by molar-refractivity contribution is -0.128. The largest absolute Gasteiger partial charge is 0.342 e. The zero-order valence-corrected chi connectivity index (χ0v) is 13.4. The molecule has 0 bridgehead atoms. The van der Waals surface area contributed by atoms with Crippen molar-refractivity contribution in [1.29, 1.82) is 0 Å². The van der Waals surface area contributed by atoms with Gasteiger partial charge >= 0.3 is 0 Å². The number of nitrogens with zero attached hydrogens (tertiary/aromatic N) is 3. The van der Waals surface area contributed by atoms with E-state index in [1.54, 1.807) is 12.4 Å². The molecule has 1 saturated heterocycles. The minimum atomic E-state index is -0.200. The fourth-order valence-corrected chi connectivity index (χ4v) is 2.84. The molecule has 1 unspecified atom stereocenters. The van der Waals surface area contributed by atoms with Crippen LogP contribution >= 0.6 is 0 Å². The number of aromatic nitrogens is 2. The summed E-state index contributed by atoms with van der Waals surface area (Å²) in [6.45, 7) is 3.55. The van der Waals surface area contributed by atoms with Gasteiger partial charge in [0.25, 0.3) is 0 Å². The number of anilines is 1. The molecule has 3 rings (SSSR count). The molecule has 0 spiro atoms. The molecule has 1 atom stereocenters. The molecule has 1 amide bonds. The summed E-state index contributed by atoms with van der Waals surface area (Å²) >= 11 is 0. The Balaban J connectivity index is 1.47. The third-order valence-electron chi connectivity index (χ3n) is 4.12. The highest BCUT2D eigenvalue weighted by atomic mass is 16.2. The van der Waals surface area contributed by atoms with Crippen LogP contribution in [0.25, 0.3) is 0 Å². The first-order chi connectivity index (χ1) is 11.2. The van der Waals surface area contributed by atoms with Crippen LogP contribution in [0.5, 0.6) is 0 Å². The van der Waals surface area contributed by atoms with Crippen molar-refractivity contribution in [2.24, 2.45) is 0 Å². The summed E-state index contributed by atoms with van der Waals surface area (Å²) in [7, 11) is 0. The Labute approximate surface area is 136 Å². The number of rotatable bonds is 6. The van der Waals surface area contributed by atoms with E-state index in [9.17, 15) is 4.79 Å². The van der Waals surface area contributed by atoms with Crippen molar-refractivity contribution in [3.63, 3.8) is 0 Å². The molecule has 2 heterocycles. The molecule has 0 aliphatic carbocycles. The minimum absolute atomic E-state index is 0.155. The van der Waals surface area contributed by atoms with Crippen molar-refractivity contribution in [2.45, 2.75) is 32.2 Å². The molecule has 1 aromatic carbocycles. The summed E-state index contributed by atoms with van der Waals surface area (Å²) in [6.07, 6.45) is 6.31. The van der Waals surface area contributed by atoms with E-state index < -0.39 is 0 Å². The van der Waals surface area contributed by atoms with Gasteiger partial charge in [-0.25, -0.2) is 9.97 Å². The second kappa shape index (κ2) is 7.22. The summed E-state index contributed by atoms with van der Waals surface area (Å²) in [6, 6.07) is 10.2. The van der Waals surface area contributed by atoms with Gasteiger partial charge in [0.1, 0.15) is 6.04 Å². The topological polar surface area (TPSA) is 58.1 Å². The van der Waals surface area contributed by atoms with Crippen molar-refractivity contribution in [2.75, 3.05) is 18.4 Å². The molecular formula is C18H22N4O. The first-order valence-corrected chi connectivity index (χ1v) is 8.10. The van der Waals surface area contributed by atoms with Crippen LogP contribution in [0.4, 0.5) is 5.95 Å². The van der Waals surface area contributed by atoms with Crippen molar-refractivity contribution in [3.05, 3.63) is 53.9 Å². The molecule has 23 heavy (non-hydrogen) atoms. The molecule has 1 aliphatic heterocycles. The van der Waals surface area contributed by atoms with Gasteiger partial charge in [0.05, 0.1) is 0 Å². The summed E-state index contributed by atoms with van der Waals surface area (Å²) < 4.78 is 0. The van der Waals surface area contributed by atoms with Crippen LogP contribution in [0.15, 0.2) is 42.7 Å². The van der Waals surface area contributed by atoms with Gasteiger partial charge in [0, 0.05) is 25.5 Å². The second-order valence-corrected chi connectivity index (χ2v) is 5.98. The van der Waals surface area contributed by atoms with Crippen molar-refractivity contribution < 1.29 is 4.79 Å². The lowest BCUT2D eigenvalue weighted by Crippen LogP contribution is -2.34. The lowest BCUT2D eigenvalue weighted by atomic mass is 10.1. The van der Waals surface area contributed by atoms with Crippen LogP contribution in [-0.4, -0.2) is 39.9 Å². The third-order valence-corrected chi connectivity index (χ3v) is 4.12. The summed E-state index contributed by atoms with van der Waals surface area (Å²) in [5.74, 6) is 0.683. The van der Waals surface area contributed by atoms with E-state index in [-0.39, 0.29) is 11.9 Å². The van der Waals surface area contributed by atoms with E-state index in [1.165, 1.54) is 5.56 Å². The summed E-state index contributed by atoms with van der Waals surface area (Å²) in [5, 5.41) is 3.14. The van der Waals surface area contributed by atoms with Crippen LogP contribution in [-0.2, 0) is 11.2 Å². The summed E-state index contributed by atoms with van der Waals surface area (Å²) in [4.78, 5) is 22.8. The van der Waals surface area contributed by atoms with Gasteiger partial charge in [0.2, 0.25) is 11.9 Å². The first-order valence-electron chi connectivity index (χ1n) is 8.10. The number of carbonyl (C=O) groups excluding carboxylic acids is 1. The number of hydrogen-bond acceptors (Lipinski definition) is 4. The molecular weight excluding hydrogens is 288 g/mol. The van der Waals surface area contributed by atoms with Crippen molar-refractivity contribution in [3.8, 4) is 0 Å². The lowest BCUT2D eigenvalue weighted by Gasteiger charge is -2.17. The van der Waals surface area contributed by atoms with E-state index in [0.29, 0.717) is 5.95 Å². The Kier molecular flexibility index (Phi) is 4.86. The van der Waals surface area contributed by atoms with Crippen molar-refractivity contribution in [1.82, 2.24) is 14.9 Å². The van der Waals surface area contributed by atoms with Gasteiger partial charge in [-0.2, -0.15) is 0 Å². The molecule has 0 saturated carbocycles. The van der Waals surface area contributed by atoms with Crippen LogP contribution in [0.1, 0.15) is 24.0 Å². The van der Waals surface area contributed by atoms with Crippen LogP contribution in [0.2, 0.25) is 0 Å². The summed E-state index contributed by atoms with van der Waals surface area (Å²) in [5.41, 5.74) is 2.33. The maximum atomic E-state index is 12.4. The maximum absolute atomic E-state index is 12.4. The van der Waals surface area contributed by atoms with E-state index in [2.05, 4.69) is 39.6 Å². The van der Waals surface area contributed by atoms with Gasteiger partial charge < -0.3 is 10.2 Å². The quantitative estimate of drug-likeness (QED) is 0.890. The average molecular weight is 310 g/mol. The second-order valence-electron chi connectivity index (χ2n) is 5.98. The Bertz CT molecular complexity index is 642. The zero-order valence-electron chi connectivity index (χ0n) is 13.4. The minimum Gasteiger partial charge on any atom is -0.342 e. The number of carbonyl (C=O) groups is 1. The number of hydrogen-bond donors (Lipinski definition) is 1. The molecule has 2 aromatic rings. The fraction of sp³-hybridized carbons (Fsp3) is 0.389. The van der Waals surface area contributed by atoms with Crippen molar-refractivity contribution >= 4 is 11.9 Å². The van der Waals surface area contributed by atoms with Crippen LogP contribution < -0.4 is 5.32 Å². The third kappa shape index (κ3) is 4.06. The van der Waals surface area contributed by atoms with Gasteiger partial charge in [-0.3, -0.25) is 4.79 Å². The maximum Gasteiger partial charge on any atom is 0.245 e. The monoisotopic (exact) mass is 310 g/mol. The van der Waals surface area contributed by atoms with E-state index >= 15 is 0 Å². The van der Waals surface area contributed by atoms with E-state index in [0.717, 1.165) is 37.9 Å². The first kappa shape index (κ1) is 15.5. The molecule has 1 N–H and O–H groups in total. The van der Waals surface area contributed by atoms with E-state index in [4.69, 9.17) is 0 Å². The number of amides is 1. The Morgan fingerprint density at radius 1 is 1.22 bits per heavy atom. The van der Waals surface area contributed by atoms with Gasteiger partial charge in [-0.05, 0) is 37.3 Å². The van der Waals surface area contributed by atoms with Crippen LogP contribution in [0, 0.1) is 6.92 Å². The predicted molar refractivity (Wildman–Crippen MR) is 90.1 cm³/mol. The van der Waals surface area contributed by atoms with E-state index in [1.807, 2.05) is 17.9 Å². The Hall–Kier alpha value is -2.43. The van der Waals surface area contributed by atoms with Gasteiger partial charge in [0.15, 0.2) is 0 Å². The molecule has 0 radical (unpaired) electrons. The highest BCUT2D eigenvalue weighted by Crippen LogP contribution is 2.16. The molecule has 120 valence electrons. The smallest absolute Gasteiger partial charge is 0.245 e. The molecule has 5 nitrogen and oxygen atoms in total. The standard InChI is InChI=1S/C18H22N4O/c1-14-12-19-18(20-13-14)21-16-9-11-22(17(16)23)10-5-8-15-6-3-2-4-7-15/h2-4,6-7,12-13,16H,5,8-11H2,1H3,(H,19,20,21). The number of benzene rings is 1. The SMILES string of the molecule is Cc1cnc(NC2CCN(CCCc3ccccc3)C2=O)nc1. The molecule has 1 aromatic heterocycles. The van der Waals surface area contributed by atoms with Gasteiger partial charge in [-0.1, -0.05) is 30.3 Å². The average Bonchev–Trinajstić information content (AvgIpc) is 2.91. The highest BCUT2D eigenvalue weighted by Gasteiger charge is 2.31. The van der Waals surface area contributed by atoms with Crippen LogP contribution in [0.3, 0.4) is 0 Å². The van der Waals surface area contributed by atoms with Gasteiger partial charge in [-0.15, -0.1) is 0 Å². The zero-order chi connectivity index (χ0) is 16.1.